The molecule has 2 aliphatic rings. The van der Waals surface area contributed by atoms with Crippen LogP contribution >= 0.6 is 15.9 Å². The van der Waals surface area contributed by atoms with Gasteiger partial charge in [0.15, 0.2) is 12.1 Å². The zero-order valence-electron chi connectivity index (χ0n) is 16.6. The maximum absolute atomic E-state index is 13.0. The van der Waals surface area contributed by atoms with Crippen LogP contribution in [0.25, 0.3) is 0 Å². The van der Waals surface area contributed by atoms with Crippen molar-refractivity contribution in [1.82, 2.24) is 5.01 Å². The monoisotopic (exact) mass is 487 g/mol. The van der Waals surface area contributed by atoms with Gasteiger partial charge >= 0.3 is 0 Å². The number of halogens is 1. The fourth-order valence-electron chi connectivity index (χ4n) is 3.44. The highest BCUT2D eigenvalue weighted by atomic mass is 79.9. The third kappa shape index (κ3) is 3.83. The van der Waals surface area contributed by atoms with Gasteiger partial charge in [0.05, 0.1) is 25.6 Å². The second-order valence-corrected chi connectivity index (χ2v) is 7.71. The van der Waals surface area contributed by atoms with Gasteiger partial charge in [-0.1, -0.05) is 21.2 Å². The van der Waals surface area contributed by atoms with Crippen molar-refractivity contribution in [1.29, 1.82) is 0 Å². The molecule has 1 fully saturated rings. The molecule has 2 heterocycles. The molecule has 11 heteroatoms. The lowest BCUT2D eigenvalue weighted by atomic mass is 10.1. The highest BCUT2D eigenvalue weighted by molar-refractivity contribution is 9.10. The van der Waals surface area contributed by atoms with E-state index >= 15 is 0 Å². The first-order valence-corrected chi connectivity index (χ1v) is 10.0. The summed E-state index contributed by atoms with van der Waals surface area (Å²) in [5, 5.41) is 11.8. The fraction of sp³-hybridized carbons (Fsp3) is 0.250. The van der Waals surface area contributed by atoms with Gasteiger partial charge in [0.25, 0.3) is 11.8 Å². The average Bonchev–Trinajstić information content (AvgIpc) is 3.28. The minimum atomic E-state index is -0.973. The fourth-order valence-corrected chi connectivity index (χ4v) is 3.70. The Labute approximate surface area is 185 Å². The Morgan fingerprint density at radius 3 is 2.52 bits per heavy atom. The van der Waals surface area contributed by atoms with E-state index in [-0.39, 0.29) is 6.54 Å². The highest BCUT2D eigenvalue weighted by Gasteiger charge is 2.55. The quantitative estimate of drug-likeness (QED) is 0.625. The molecule has 2 aliphatic heterocycles. The van der Waals surface area contributed by atoms with Crippen molar-refractivity contribution < 1.29 is 23.9 Å². The molecular weight excluding hydrogens is 470 g/mol. The van der Waals surface area contributed by atoms with Crippen LogP contribution in [0.3, 0.4) is 0 Å². The van der Waals surface area contributed by atoms with Gasteiger partial charge in [0, 0.05) is 10.5 Å². The molecule has 0 radical (unpaired) electrons. The van der Waals surface area contributed by atoms with Crippen LogP contribution in [0.5, 0.6) is 11.5 Å². The Bertz CT molecular complexity index is 1070. The van der Waals surface area contributed by atoms with E-state index in [0.717, 1.165) is 9.37 Å². The summed E-state index contributed by atoms with van der Waals surface area (Å²) >= 11 is 3.32. The van der Waals surface area contributed by atoms with Crippen LogP contribution in [0.1, 0.15) is 0 Å². The number of imide groups is 1. The Balaban J connectivity index is 1.48. The van der Waals surface area contributed by atoms with Crippen LogP contribution in [-0.4, -0.2) is 55.6 Å². The van der Waals surface area contributed by atoms with E-state index in [1.165, 1.54) is 19.2 Å². The normalized spacial score (nSPS) is 19.6. The average molecular weight is 488 g/mol. The maximum atomic E-state index is 13.0. The molecule has 0 spiro atoms. The predicted octanol–water partition coefficient (Wildman–Crippen LogP) is 2.40. The first-order valence-electron chi connectivity index (χ1n) is 9.25. The van der Waals surface area contributed by atoms with Gasteiger partial charge in [-0.25, -0.2) is 4.90 Å². The number of hydrogen-bond acceptors (Lipinski definition) is 8. The van der Waals surface area contributed by atoms with E-state index in [4.69, 9.17) is 9.47 Å². The van der Waals surface area contributed by atoms with Crippen LogP contribution < -0.4 is 19.7 Å². The molecule has 3 amide bonds. The summed E-state index contributed by atoms with van der Waals surface area (Å²) in [6.45, 7) is -0.257. The molecule has 10 nitrogen and oxygen atoms in total. The van der Waals surface area contributed by atoms with Crippen molar-refractivity contribution in [2.75, 3.05) is 31.0 Å². The van der Waals surface area contributed by atoms with E-state index in [2.05, 4.69) is 31.6 Å². The summed E-state index contributed by atoms with van der Waals surface area (Å²) in [5.74, 6) is -0.389. The molecule has 0 aliphatic carbocycles. The van der Waals surface area contributed by atoms with E-state index in [0.29, 0.717) is 22.9 Å². The number of benzene rings is 2. The van der Waals surface area contributed by atoms with Gasteiger partial charge in [0.1, 0.15) is 18.0 Å². The molecule has 31 heavy (non-hydrogen) atoms. The number of carbonyl (C=O) groups is 3. The number of nitrogens with one attached hydrogen (secondary N) is 1. The lowest BCUT2D eigenvalue weighted by Crippen LogP contribution is -2.43. The number of ether oxygens (including phenoxy) is 2. The topological polar surface area (TPSA) is 113 Å². The molecule has 1 N–H and O–H groups in total. The first kappa shape index (κ1) is 20.8. The molecule has 4 rings (SSSR count). The summed E-state index contributed by atoms with van der Waals surface area (Å²) in [4.78, 5) is 39.4. The molecule has 160 valence electrons. The van der Waals surface area contributed by atoms with Crippen molar-refractivity contribution in [3.8, 4) is 11.5 Å². The molecule has 2 unspecified atom stereocenters. The zero-order chi connectivity index (χ0) is 22.1. The summed E-state index contributed by atoms with van der Waals surface area (Å²) in [7, 11) is 3.00. The number of amides is 3. The SMILES string of the molecule is COc1ccc(NC(=O)CN2N=NC3C(=O)N(c4ccc(Br)cc4)C(=O)C32)c(OC)c1. The molecule has 2 atom stereocenters. The number of fused-ring (bicyclic) bond motifs is 1. The molecule has 0 bridgehead atoms. The van der Waals surface area contributed by atoms with Crippen molar-refractivity contribution in [3.63, 3.8) is 0 Å². The number of methoxy groups -OCH3 is 2. The van der Waals surface area contributed by atoms with E-state index in [1.807, 2.05) is 0 Å². The third-order valence-corrected chi connectivity index (χ3v) is 5.46. The number of carbonyl (C=O) groups excluding carboxylic acids is 3. The van der Waals surface area contributed by atoms with E-state index in [1.54, 1.807) is 42.5 Å². The molecule has 1 saturated heterocycles. The smallest absolute Gasteiger partial charge is 0.263 e. The van der Waals surface area contributed by atoms with Gasteiger partial charge in [-0.15, -0.1) is 0 Å². The largest absolute Gasteiger partial charge is 0.497 e. The minimum absolute atomic E-state index is 0.257. The lowest BCUT2D eigenvalue weighted by Gasteiger charge is -2.20. The molecule has 0 aromatic heterocycles. The Kier molecular flexibility index (Phi) is 5.59. The zero-order valence-corrected chi connectivity index (χ0v) is 18.2. The summed E-state index contributed by atoms with van der Waals surface area (Å²) in [5.41, 5.74) is 0.876. The molecule has 2 aromatic rings. The van der Waals surface area contributed by atoms with Gasteiger partial charge in [0.2, 0.25) is 5.91 Å². The summed E-state index contributed by atoms with van der Waals surface area (Å²) in [6.07, 6.45) is 0. The van der Waals surface area contributed by atoms with Crippen LogP contribution in [-0.2, 0) is 14.4 Å². The highest BCUT2D eigenvalue weighted by Crippen LogP contribution is 2.33. The minimum Gasteiger partial charge on any atom is -0.497 e. The van der Waals surface area contributed by atoms with Gasteiger partial charge < -0.3 is 14.8 Å². The van der Waals surface area contributed by atoms with Crippen molar-refractivity contribution >= 4 is 45.0 Å². The van der Waals surface area contributed by atoms with E-state index < -0.39 is 29.8 Å². The summed E-state index contributed by atoms with van der Waals surface area (Å²) in [6, 6.07) is 9.81. The number of hydrogen-bond donors (Lipinski definition) is 1. The van der Waals surface area contributed by atoms with Gasteiger partial charge in [-0.3, -0.25) is 19.4 Å². The van der Waals surface area contributed by atoms with Crippen molar-refractivity contribution in [2.24, 2.45) is 10.3 Å². The number of rotatable bonds is 6. The predicted molar refractivity (Wildman–Crippen MR) is 114 cm³/mol. The second-order valence-electron chi connectivity index (χ2n) is 6.79. The third-order valence-electron chi connectivity index (χ3n) is 4.93. The van der Waals surface area contributed by atoms with Gasteiger partial charge in [-0.05, 0) is 36.4 Å². The van der Waals surface area contributed by atoms with Crippen LogP contribution in [0.4, 0.5) is 11.4 Å². The standard InChI is InChI=1S/C20H18BrN5O5/c1-30-13-7-8-14(15(9-13)31-2)22-16(27)10-25-18-17(23-24-25)19(28)26(20(18)29)12-5-3-11(21)4-6-12/h3-9,17-18H,10H2,1-2H3,(H,22,27). The van der Waals surface area contributed by atoms with Crippen molar-refractivity contribution in [3.05, 3.63) is 46.9 Å². The molecular formula is C20H18BrN5O5. The molecule has 0 saturated carbocycles. The van der Waals surface area contributed by atoms with Crippen LogP contribution in [0, 0.1) is 0 Å². The Morgan fingerprint density at radius 1 is 1.10 bits per heavy atom. The second kappa shape index (κ2) is 8.34. The Hall–Kier alpha value is -3.47. The number of nitrogens with zero attached hydrogens (tertiary/aromatic N) is 4. The van der Waals surface area contributed by atoms with Gasteiger partial charge in [-0.2, -0.15) is 5.11 Å². The van der Waals surface area contributed by atoms with Crippen molar-refractivity contribution in [2.45, 2.75) is 12.1 Å². The maximum Gasteiger partial charge on any atom is 0.263 e. The van der Waals surface area contributed by atoms with E-state index in [9.17, 15) is 14.4 Å². The first-order chi connectivity index (χ1) is 14.9. The summed E-state index contributed by atoms with van der Waals surface area (Å²) < 4.78 is 11.2. The lowest BCUT2D eigenvalue weighted by molar-refractivity contribution is -0.123. The van der Waals surface area contributed by atoms with Crippen LogP contribution in [0.15, 0.2) is 57.3 Å². The Morgan fingerprint density at radius 2 is 1.84 bits per heavy atom. The molecule has 2 aromatic carbocycles. The number of anilines is 2. The van der Waals surface area contributed by atoms with Crippen LogP contribution in [0.2, 0.25) is 0 Å².